The Morgan fingerprint density at radius 1 is 1.32 bits per heavy atom. The first-order chi connectivity index (χ1) is 9.19. The van der Waals surface area contributed by atoms with Crippen molar-refractivity contribution in [3.05, 3.63) is 11.8 Å². The molecule has 0 amide bonds. The molecule has 5 nitrogen and oxygen atoms in total. The predicted molar refractivity (Wildman–Crippen MR) is 78.5 cm³/mol. The van der Waals surface area contributed by atoms with Crippen LogP contribution in [0.2, 0.25) is 0 Å². The minimum absolute atomic E-state index is 0.223. The van der Waals surface area contributed by atoms with Gasteiger partial charge in [0.2, 0.25) is 11.8 Å². The van der Waals surface area contributed by atoms with E-state index in [1.807, 2.05) is 13.0 Å². The summed E-state index contributed by atoms with van der Waals surface area (Å²) in [7, 11) is 0. The maximum absolute atomic E-state index is 5.77. The van der Waals surface area contributed by atoms with Gasteiger partial charge in [0.15, 0.2) is 0 Å². The standard InChI is InChI=1S/C14H26N4O/c1-4-6-7-12(10-15)17-14-16-11(3)9-13(18-14)19-8-5-2/h9,12H,4-8,10,15H2,1-3H3,(H,16,17,18). The fourth-order valence-corrected chi connectivity index (χ4v) is 1.77. The van der Waals surface area contributed by atoms with Crippen LogP contribution in [-0.4, -0.2) is 29.2 Å². The Balaban J connectivity index is 2.67. The smallest absolute Gasteiger partial charge is 0.226 e. The molecule has 0 spiro atoms. The minimum atomic E-state index is 0.223. The molecule has 0 aliphatic heterocycles. The number of nitrogens with zero attached hydrogens (tertiary/aromatic N) is 2. The van der Waals surface area contributed by atoms with Gasteiger partial charge in [-0.3, -0.25) is 0 Å². The molecule has 1 rings (SSSR count). The minimum Gasteiger partial charge on any atom is -0.478 e. The second kappa shape index (κ2) is 8.69. The molecule has 0 fully saturated rings. The highest BCUT2D eigenvalue weighted by molar-refractivity contribution is 5.31. The summed E-state index contributed by atoms with van der Waals surface area (Å²) in [6.45, 7) is 7.44. The summed E-state index contributed by atoms with van der Waals surface area (Å²) in [6.07, 6.45) is 4.32. The number of hydrogen-bond acceptors (Lipinski definition) is 5. The number of hydrogen-bond donors (Lipinski definition) is 2. The molecule has 1 aromatic rings. The third kappa shape index (κ3) is 5.87. The molecule has 0 saturated heterocycles. The lowest BCUT2D eigenvalue weighted by molar-refractivity contribution is 0.304. The Morgan fingerprint density at radius 2 is 2.11 bits per heavy atom. The van der Waals surface area contributed by atoms with Gasteiger partial charge in [0.1, 0.15) is 0 Å². The molecule has 0 aliphatic carbocycles. The summed E-state index contributed by atoms with van der Waals surface area (Å²) in [5.74, 6) is 1.24. The first-order valence-electron chi connectivity index (χ1n) is 7.14. The molecule has 1 heterocycles. The topological polar surface area (TPSA) is 73.1 Å². The Bertz CT molecular complexity index is 370. The van der Waals surface area contributed by atoms with Crippen LogP contribution in [0.5, 0.6) is 5.88 Å². The van der Waals surface area contributed by atoms with Crippen molar-refractivity contribution in [3.8, 4) is 5.88 Å². The van der Waals surface area contributed by atoms with Gasteiger partial charge < -0.3 is 15.8 Å². The first kappa shape index (κ1) is 15.7. The number of anilines is 1. The van der Waals surface area contributed by atoms with Crippen molar-refractivity contribution in [2.24, 2.45) is 5.73 Å². The number of rotatable bonds is 9. The number of ether oxygens (including phenoxy) is 1. The Labute approximate surface area is 116 Å². The molecule has 0 aliphatic rings. The highest BCUT2D eigenvalue weighted by atomic mass is 16.5. The molecule has 3 N–H and O–H groups in total. The maximum atomic E-state index is 5.77. The van der Waals surface area contributed by atoms with Crippen molar-refractivity contribution < 1.29 is 4.74 Å². The summed E-state index contributed by atoms with van der Waals surface area (Å²) in [5.41, 5.74) is 6.67. The third-order valence-electron chi connectivity index (χ3n) is 2.81. The Kier molecular flexibility index (Phi) is 7.18. The van der Waals surface area contributed by atoms with Gasteiger partial charge in [0, 0.05) is 24.3 Å². The fraction of sp³-hybridized carbons (Fsp3) is 0.714. The van der Waals surface area contributed by atoms with Crippen LogP contribution in [0.3, 0.4) is 0 Å². The second-order valence-electron chi connectivity index (χ2n) is 4.74. The average Bonchev–Trinajstić information content (AvgIpc) is 2.40. The molecule has 0 bridgehead atoms. The third-order valence-corrected chi connectivity index (χ3v) is 2.81. The van der Waals surface area contributed by atoms with Crippen LogP contribution in [0.25, 0.3) is 0 Å². The van der Waals surface area contributed by atoms with Gasteiger partial charge in [-0.15, -0.1) is 0 Å². The van der Waals surface area contributed by atoms with E-state index in [0.717, 1.165) is 31.4 Å². The van der Waals surface area contributed by atoms with Crippen LogP contribution in [0.15, 0.2) is 6.07 Å². The molecule has 1 aromatic heterocycles. The zero-order valence-corrected chi connectivity index (χ0v) is 12.3. The molecule has 108 valence electrons. The molecule has 0 aromatic carbocycles. The zero-order valence-electron chi connectivity index (χ0n) is 12.3. The van der Waals surface area contributed by atoms with Crippen molar-refractivity contribution in [2.45, 2.75) is 52.5 Å². The monoisotopic (exact) mass is 266 g/mol. The number of aryl methyl sites for hydroxylation is 1. The Morgan fingerprint density at radius 3 is 2.74 bits per heavy atom. The van der Waals surface area contributed by atoms with E-state index in [0.29, 0.717) is 25.0 Å². The van der Waals surface area contributed by atoms with E-state index in [1.165, 1.54) is 0 Å². The fourth-order valence-electron chi connectivity index (χ4n) is 1.77. The van der Waals surface area contributed by atoms with Gasteiger partial charge in [-0.2, -0.15) is 4.98 Å². The van der Waals surface area contributed by atoms with Gasteiger partial charge in [-0.05, 0) is 19.8 Å². The lowest BCUT2D eigenvalue weighted by atomic mass is 10.1. The zero-order chi connectivity index (χ0) is 14.1. The SMILES string of the molecule is CCCCC(CN)Nc1nc(C)cc(OCCC)n1. The van der Waals surface area contributed by atoms with Crippen molar-refractivity contribution >= 4 is 5.95 Å². The molecule has 1 atom stereocenters. The average molecular weight is 266 g/mol. The molecular weight excluding hydrogens is 240 g/mol. The molecule has 5 heteroatoms. The van der Waals surface area contributed by atoms with E-state index in [-0.39, 0.29) is 6.04 Å². The van der Waals surface area contributed by atoms with E-state index >= 15 is 0 Å². The van der Waals surface area contributed by atoms with E-state index in [1.54, 1.807) is 0 Å². The highest BCUT2D eigenvalue weighted by Gasteiger charge is 2.09. The van der Waals surface area contributed by atoms with Crippen LogP contribution < -0.4 is 15.8 Å². The van der Waals surface area contributed by atoms with Gasteiger partial charge in [0.05, 0.1) is 6.61 Å². The van der Waals surface area contributed by atoms with E-state index < -0.39 is 0 Å². The number of aromatic nitrogens is 2. The van der Waals surface area contributed by atoms with Crippen LogP contribution >= 0.6 is 0 Å². The summed E-state index contributed by atoms with van der Waals surface area (Å²) < 4.78 is 5.55. The number of nitrogens with two attached hydrogens (primary N) is 1. The van der Waals surface area contributed by atoms with Gasteiger partial charge in [-0.1, -0.05) is 26.7 Å². The first-order valence-corrected chi connectivity index (χ1v) is 7.14. The summed E-state index contributed by atoms with van der Waals surface area (Å²) in [6, 6.07) is 2.07. The van der Waals surface area contributed by atoms with Crippen molar-refractivity contribution in [2.75, 3.05) is 18.5 Å². The summed E-state index contributed by atoms with van der Waals surface area (Å²) in [5, 5.41) is 3.29. The summed E-state index contributed by atoms with van der Waals surface area (Å²) >= 11 is 0. The van der Waals surface area contributed by atoms with Crippen LogP contribution in [0.1, 0.15) is 45.2 Å². The van der Waals surface area contributed by atoms with Crippen molar-refractivity contribution in [3.63, 3.8) is 0 Å². The van der Waals surface area contributed by atoms with E-state index in [4.69, 9.17) is 10.5 Å². The van der Waals surface area contributed by atoms with Crippen LogP contribution in [0.4, 0.5) is 5.95 Å². The van der Waals surface area contributed by atoms with E-state index in [2.05, 4.69) is 29.1 Å². The van der Waals surface area contributed by atoms with Crippen molar-refractivity contribution in [1.29, 1.82) is 0 Å². The molecule has 1 unspecified atom stereocenters. The van der Waals surface area contributed by atoms with Gasteiger partial charge in [-0.25, -0.2) is 4.98 Å². The molecule has 19 heavy (non-hydrogen) atoms. The number of nitrogens with one attached hydrogen (secondary N) is 1. The molecular formula is C14H26N4O. The quantitative estimate of drug-likeness (QED) is 0.718. The van der Waals surface area contributed by atoms with Crippen molar-refractivity contribution in [1.82, 2.24) is 9.97 Å². The van der Waals surface area contributed by atoms with E-state index in [9.17, 15) is 0 Å². The van der Waals surface area contributed by atoms with Crippen LogP contribution in [0, 0.1) is 6.92 Å². The lowest BCUT2D eigenvalue weighted by Gasteiger charge is -2.17. The van der Waals surface area contributed by atoms with Crippen LogP contribution in [-0.2, 0) is 0 Å². The molecule has 0 radical (unpaired) electrons. The number of unbranched alkanes of at least 4 members (excludes halogenated alkanes) is 1. The normalized spacial score (nSPS) is 12.2. The Hall–Kier alpha value is -1.36. The largest absolute Gasteiger partial charge is 0.478 e. The molecule has 0 saturated carbocycles. The highest BCUT2D eigenvalue weighted by Crippen LogP contribution is 2.14. The second-order valence-corrected chi connectivity index (χ2v) is 4.74. The predicted octanol–water partition coefficient (Wildman–Crippen LogP) is 2.50. The van der Waals surface area contributed by atoms with Gasteiger partial charge in [0.25, 0.3) is 0 Å². The summed E-state index contributed by atoms with van der Waals surface area (Å²) in [4.78, 5) is 8.75. The lowest BCUT2D eigenvalue weighted by Crippen LogP contribution is -2.29. The maximum Gasteiger partial charge on any atom is 0.226 e. The van der Waals surface area contributed by atoms with Gasteiger partial charge >= 0.3 is 0 Å².